The molecule has 21 heavy (non-hydrogen) atoms. The van der Waals surface area contributed by atoms with Crippen molar-refractivity contribution in [2.24, 2.45) is 0 Å². The predicted octanol–water partition coefficient (Wildman–Crippen LogP) is 2.22. The summed E-state index contributed by atoms with van der Waals surface area (Å²) in [7, 11) is 0.474. The van der Waals surface area contributed by atoms with Gasteiger partial charge in [-0.15, -0.1) is 0 Å². The Morgan fingerprint density at radius 2 is 1.71 bits per heavy atom. The molecule has 0 N–H and O–H groups in total. The van der Waals surface area contributed by atoms with E-state index in [1.54, 1.807) is 0 Å². The Hall–Kier alpha value is -1.40. The molecule has 1 heterocycles. The Kier molecular flexibility index (Phi) is 3.89. The highest BCUT2D eigenvalue weighted by Gasteiger charge is 2.52. The highest BCUT2D eigenvalue weighted by atomic mass is 19.1. The molecule has 1 fully saturated rings. The summed E-state index contributed by atoms with van der Waals surface area (Å²) in [6, 6.07) is 3.04. The lowest BCUT2D eigenvalue weighted by Gasteiger charge is -2.32. The number of rotatable bonds is 2. The van der Waals surface area contributed by atoms with Crippen LogP contribution in [0.5, 0.6) is 0 Å². The average molecular weight is 294 g/mol. The van der Waals surface area contributed by atoms with E-state index in [4.69, 9.17) is 9.31 Å². The molecule has 1 aliphatic rings. The smallest absolute Gasteiger partial charge is 0.465 e. The van der Waals surface area contributed by atoms with Crippen molar-refractivity contribution in [2.75, 3.05) is 7.11 Å². The fraction of sp³-hybridized carbons (Fsp3) is 0.533. The van der Waals surface area contributed by atoms with Gasteiger partial charge in [-0.3, -0.25) is 0 Å². The Balaban J connectivity index is 2.40. The lowest BCUT2D eigenvalue weighted by Crippen LogP contribution is -2.41. The molecule has 4 nitrogen and oxygen atoms in total. The Labute approximate surface area is 124 Å². The van der Waals surface area contributed by atoms with Crippen molar-refractivity contribution in [3.8, 4) is 0 Å². The molecule has 1 aromatic carbocycles. The van der Waals surface area contributed by atoms with Gasteiger partial charge in [0.1, 0.15) is 5.82 Å². The van der Waals surface area contributed by atoms with Crippen LogP contribution in [-0.2, 0) is 14.0 Å². The van der Waals surface area contributed by atoms with Crippen molar-refractivity contribution >= 4 is 18.6 Å². The Morgan fingerprint density at radius 1 is 1.19 bits per heavy atom. The van der Waals surface area contributed by atoms with Crippen molar-refractivity contribution in [1.82, 2.24) is 0 Å². The molecular formula is C15H20BFO4. The van der Waals surface area contributed by atoms with Gasteiger partial charge in [-0.05, 0) is 46.2 Å². The van der Waals surface area contributed by atoms with Crippen LogP contribution in [0.3, 0.4) is 0 Å². The quantitative estimate of drug-likeness (QED) is 0.620. The molecule has 6 heteroatoms. The zero-order chi connectivity index (χ0) is 16.0. The van der Waals surface area contributed by atoms with Gasteiger partial charge >= 0.3 is 13.1 Å². The van der Waals surface area contributed by atoms with Crippen molar-refractivity contribution < 1.29 is 23.2 Å². The van der Waals surface area contributed by atoms with Crippen LogP contribution in [0.2, 0.25) is 0 Å². The van der Waals surface area contributed by atoms with Gasteiger partial charge in [0, 0.05) is 5.46 Å². The maximum atomic E-state index is 14.5. The summed E-state index contributed by atoms with van der Waals surface area (Å²) in [5, 5.41) is 0. The van der Waals surface area contributed by atoms with E-state index in [1.807, 2.05) is 27.7 Å². The summed E-state index contributed by atoms with van der Waals surface area (Å²) in [5.41, 5.74) is -0.360. The summed E-state index contributed by atoms with van der Waals surface area (Å²) < 4.78 is 30.9. The number of benzene rings is 1. The molecule has 2 rings (SSSR count). The average Bonchev–Trinajstić information content (AvgIpc) is 2.60. The number of hydrogen-bond donors (Lipinski definition) is 0. The zero-order valence-electron chi connectivity index (χ0n) is 13.2. The van der Waals surface area contributed by atoms with Crippen LogP contribution in [0.15, 0.2) is 12.1 Å². The number of ether oxygens (including phenoxy) is 1. The molecule has 1 saturated heterocycles. The van der Waals surface area contributed by atoms with Gasteiger partial charge in [0.2, 0.25) is 0 Å². The molecule has 1 aliphatic heterocycles. The second-order valence-corrected chi connectivity index (χ2v) is 6.22. The van der Waals surface area contributed by atoms with Crippen molar-refractivity contribution in [1.29, 1.82) is 0 Å². The number of carbonyl (C=O) groups is 1. The molecule has 0 spiro atoms. The van der Waals surface area contributed by atoms with Gasteiger partial charge in [0.25, 0.3) is 0 Å². The van der Waals surface area contributed by atoms with Crippen LogP contribution in [0, 0.1) is 12.7 Å². The minimum Gasteiger partial charge on any atom is -0.465 e. The Morgan fingerprint density at radius 3 is 2.19 bits per heavy atom. The summed E-state index contributed by atoms with van der Waals surface area (Å²) in [6.45, 7) is 9.15. The molecule has 1 aromatic rings. The third kappa shape index (κ3) is 2.58. The second-order valence-electron chi connectivity index (χ2n) is 6.22. The van der Waals surface area contributed by atoms with Crippen LogP contribution in [0.25, 0.3) is 0 Å². The first kappa shape index (κ1) is 16.0. The van der Waals surface area contributed by atoms with Crippen molar-refractivity contribution in [3.05, 3.63) is 29.1 Å². The second kappa shape index (κ2) is 5.11. The standard InChI is InChI=1S/C15H20BFO4/c1-9-10(13(18)19-6)7-8-11(12(9)17)16-20-14(2,3)15(4,5)21-16/h7-8H,1-6H3. The van der Waals surface area contributed by atoms with Gasteiger partial charge in [-0.1, -0.05) is 6.07 Å². The van der Waals surface area contributed by atoms with E-state index in [0.29, 0.717) is 5.46 Å². The van der Waals surface area contributed by atoms with E-state index in [9.17, 15) is 9.18 Å². The molecular weight excluding hydrogens is 274 g/mol. The first-order chi connectivity index (χ1) is 9.60. The molecule has 114 valence electrons. The van der Waals surface area contributed by atoms with Crippen LogP contribution in [-0.4, -0.2) is 31.4 Å². The van der Waals surface area contributed by atoms with Gasteiger partial charge in [-0.2, -0.15) is 0 Å². The maximum absolute atomic E-state index is 14.5. The highest BCUT2D eigenvalue weighted by Crippen LogP contribution is 2.36. The number of halogens is 1. The SMILES string of the molecule is COC(=O)c1ccc(B2OC(C)(C)C(C)(C)O2)c(F)c1C. The molecule has 0 radical (unpaired) electrons. The minimum atomic E-state index is -0.791. The topological polar surface area (TPSA) is 44.8 Å². The van der Waals surface area contributed by atoms with Gasteiger partial charge < -0.3 is 14.0 Å². The van der Waals surface area contributed by atoms with Crippen LogP contribution in [0.4, 0.5) is 4.39 Å². The molecule has 0 atom stereocenters. The predicted molar refractivity (Wildman–Crippen MR) is 78.2 cm³/mol. The van der Waals surface area contributed by atoms with E-state index < -0.39 is 30.1 Å². The highest BCUT2D eigenvalue weighted by molar-refractivity contribution is 6.62. The van der Waals surface area contributed by atoms with Gasteiger partial charge in [0.05, 0.1) is 23.9 Å². The molecule has 0 saturated carbocycles. The van der Waals surface area contributed by atoms with E-state index in [0.717, 1.165) is 0 Å². The number of methoxy groups -OCH3 is 1. The monoisotopic (exact) mass is 294 g/mol. The van der Waals surface area contributed by atoms with E-state index in [1.165, 1.54) is 26.2 Å². The van der Waals surface area contributed by atoms with Gasteiger partial charge in [-0.25, -0.2) is 9.18 Å². The number of carbonyl (C=O) groups excluding carboxylic acids is 1. The molecule has 0 aromatic heterocycles. The fourth-order valence-electron chi connectivity index (χ4n) is 2.19. The molecule has 0 amide bonds. The third-order valence-electron chi connectivity index (χ3n) is 4.33. The fourth-order valence-corrected chi connectivity index (χ4v) is 2.19. The lowest BCUT2D eigenvalue weighted by molar-refractivity contribution is 0.00578. The summed E-state index contributed by atoms with van der Waals surface area (Å²) in [4.78, 5) is 11.6. The van der Waals surface area contributed by atoms with E-state index >= 15 is 0 Å². The van der Waals surface area contributed by atoms with Gasteiger partial charge in [0.15, 0.2) is 0 Å². The molecule has 0 unspecified atom stereocenters. The first-order valence-corrected chi connectivity index (χ1v) is 6.83. The minimum absolute atomic E-state index is 0.204. The van der Waals surface area contributed by atoms with Crippen molar-refractivity contribution in [2.45, 2.75) is 45.8 Å². The Bertz CT molecular complexity index is 567. The summed E-state index contributed by atoms with van der Waals surface area (Å²) in [5.74, 6) is -1.07. The maximum Gasteiger partial charge on any atom is 0.497 e. The normalized spacial score (nSPS) is 19.7. The first-order valence-electron chi connectivity index (χ1n) is 6.83. The van der Waals surface area contributed by atoms with E-state index in [-0.39, 0.29) is 11.1 Å². The van der Waals surface area contributed by atoms with E-state index in [2.05, 4.69) is 4.74 Å². The largest absolute Gasteiger partial charge is 0.497 e. The van der Waals surface area contributed by atoms with Crippen LogP contribution < -0.4 is 5.46 Å². The number of esters is 1. The molecule has 0 bridgehead atoms. The number of hydrogen-bond acceptors (Lipinski definition) is 4. The third-order valence-corrected chi connectivity index (χ3v) is 4.33. The summed E-state index contributed by atoms with van der Waals surface area (Å²) >= 11 is 0. The van der Waals surface area contributed by atoms with Crippen molar-refractivity contribution in [3.63, 3.8) is 0 Å². The molecule has 0 aliphatic carbocycles. The van der Waals surface area contributed by atoms with Crippen LogP contribution in [0.1, 0.15) is 43.6 Å². The van der Waals surface area contributed by atoms with Crippen LogP contribution >= 0.6 is 0 Å². The zero-order valence-corrected chi connectivity index (χ0v) is 13.2. The lowest BCUT2D eigenvalue weighted by atomic mass is 9.77. The summed E-state index contributed by atoms with van der Waals surface area (Å²) in [6.07, 6.45) is 0.